The molecule has 0 saturated carbocycles. The van der Waals surface area contributed by atoms with Crippen LogP contribution in [0.5, 0.6) is 0 Å². The van der Waals surface area contributed by atoms with Gasteiger partial charge in [0.25, 0.3) is 0 Å². The monoisotopic (exact) mass is 388 g/mol. The largest absolute Gasteiger partial charge is 0.326 e. The molecule has 2 aromatic rings. The van der Waals surface area contributed by atoms with E-state index in [0.29, 0.717) is 30.0 Å². The molecule has 2 aliphatic heterocycles. The number of amides is 1. The smallest absolute Gasteiger partial charge is 0.244 e. The minimum Gasteiger partial charge on any atom is -0.326 e. The van der Waals surface area contributed by atoms with E-state index in [1.165, 1.54) is 0 Å². The van der Waals surface area contributed by atoms with Gasteiger partial charge in [0.15, 0.2) is 0 Å². The molecule has 2 heterocycles. The molecule has 1 atom stereocenters. The maximum absolute atomic E-state index is 13.3. The molecule has 7 heteroatoms. The first-order valence-corrected chi connectivity index (χ1v) is 11.1. The average molecular weight is 389 g/mol. The number of nitrogens with zero attached hydrogens (tertiary/aromatic N) is 1. The van der Waals surface area contributed by atoms with E-state index in [1.54, 1.807) is 34.3 Å². The van der Waals surface area contributed by atoms with Gasteiger partial charge in [-0.15, -0.1) is 11.8 Å². The van der Waals surface area contributed by atoms with Gasteiger partial charge >= 0.3 is 0 Å². The van der Waals surface area contributed by atoms with Gasteiger partial charge in [0, 0.05) is 24.4 Å². The van der Waals surface area contributed by atoms with Gasteiger partial charge in [-0.2, -0.15) is 4.31 Å². The minimum absolute atomic E-state index is 0.0246. The third-order valence-electron chi connectivity index (χ3n) is 4.79. The molecule has 1 N–H and O–H groups in total. The van der Waals surface area contributed by atoms with Gasteiger partial charge in [-0.1, -0.05) is 29.8 Å². The van der Waals surface area contributed by atoms with Crippen molar-refractivity contribution in [1.82, 2.24) is 4.31 Å². The number of hydrogen-bond donors (Lipinski definition) is 1. The van der Waals surface area contributed by atoms with Crippen LogP contribution in [0.25, 0.3) is 0 Å². The second-order valence-corrected chi connectivity index (χ2v) is 9.70. The summed E-state index contributed by atoms with van der Waals surface area (Å²) in [6, 6.07) is 13.0. The molecule has 5 nitrogen and oxygen atoms in total. The van der Waals surface area contributed by atoms with Crippen molar-refractivity contribution >= 4 is 33.4 Å². The first-order chi connectivity index (χ1) is 12.4. The van der Waals surface area contributed by atoms with Crippen LogP contribution < -0.4 is 5.32 Å². The van der Waals surface area contributed by atoms with Crippen LogP contribution in [0.2, 0.25) is 0 Å². The Hall–Kier alpha value is -1.83. The number of fused-ring (bicyclic) bond motifs is 1. The molecule has 0 radical (unpaired) electrons. The van der Waals surface area contributed by atoms with Crippen molar-refractivity contribution in [1.29, 1.82) is 0 Å². The number of carbonyl (C=O) groups is 1. The number of anilines is 1. The van der Waals surface area contributed by atoms with E-state index in [4.69, 9.17) is 0 Å². The van der Waals surface area contributed by atoms with Gasteiger partial charge in [0.1, 0.15) is 0 Å². The summed E-state index contributed by atoms with van der Waals surface area (Å²) >= 11 is 1.65. The number of carbonyl (C=O) groups excluding carboxylic acids is 1. The fourth-order valence-corrected chi connectivity index (χ4v) is 6.64. The Balaban J connectivity index is 1.67. The van der Waals surface area contributed by atoms with Gasteiger partial charge in [-0.25, -0.2) is 8.42 Å². The lowest BCUT2D eigenvalue weighted by Gasteiger charge is -2.25. The van der Waals surface area contributed by atoms with E-state index < -0.39 is 10.0 Å². The normalized spacial score (nSPS) is 20.7. The second-order valence-electron chi connectivity index (χ2n) is 6.62. The summed E-state index contributed by atoms with van der Waals surface area (Å²) in [7, 11) is -3.59. The van der Waals surface area contributed by atoms with E-state index in [2.05, 4.69) is 5.32 Å². The Bertz CT molecular complexity index is 955. The zero-order chi connectivity index (χ0) is 18.3. The van der Waals surface area contributed by atoms with Crippen molar-refractivity contribution in [3.8, 4) is 0 Å². The zero-order valence-corrected chi connectivity index (χ0v) is 16.1. The highest BCUT2D eigenvalue weighted by Crippen LogP contribution is 2.41. The van der Waals surface area contributed by atoms with Crippen LogP contribution in [0.4, 0.5) is 5.69 Å². The minimum atomic E-state index is -3.59. The number of benzene rings is 2. The molecular weight excluding hydrogens is 368 g/mol. The molecule has 4 rings (SSSR count). The quantitative estimate of drug-likeness (QED) is 0.876. The lowest BCUT2D eigenvalue weighted by Crippen LogP contribution is -2.31. The Kier molecular flexibility index (Phi) is 4.54. The Morgan fingerprint density at radius 1 is 1.12 bits per heavy atom. The molecule has 136 valence electrons. The van der Waals surface area contributed by atoms with Crippen LogP contribution in [-0.2, 0) is 21.2 Å². The molecule has 1 unspecified atom stereocenters. The highest BCUT2D eigenvalue weighted by molar-refractivity contribution is 8.01. The van der Waals surface area contributed by atoms with E-state index >= 15 is 0 Å². The highest BCUT2D eigenvalue weighted by atomic mass is 32.2. The molecule has 26 heavy (non-hydrogen) atoms. The predicted molar refractivity (Wildman–Crippen MR) is 104 cm³/mol. The van der Waals surface area contributed by atoms with Crippen molar-refractivity contribution in [3.05, 3.63) is 59.2 Å². The van der Waals surface area contributed by atoms with Crippen LogP contribution in [0, 0.1) is 6.92 Å². The molecule has 1 fully saturated rings. The maximum atomic E-state index is 13.3. The lowest BCUT2D eigenvalue weighted by molar-refractivity contribution is -0.116. The summed E-state index contributed by atoms with van der Waals surface area (Å²) < 4.78 is 28.1. The number of thioether (sulfide) groups is 1. The maximum Gasteiger partial charge on any atom is 0.244 e. The van der Waals surface area contributed by atoms with Crippen LogP contribution >= 0.6 is 11.8 Å². The Labute approximate surface area is 157 Å². The molecule has 0 bridgehead atoms. The van der Waals surface area contributed by atoms with E-state index in [1.807, 2.05) is 31.2 Å². The van der Waals surface area contributed by atoms with Gasteiger partial charge in [-0.05, 0) is 42.7 Å². The van der Waals surface area contributed by atoms with Crippen molar-refractivity contribution in [2.75, 3.05) is 17.6 Å². The fourth-order valence-electron chi connectivity index (χ4n) is 3.35. The van der Waals surface area contributed by atoms with Crippen molar-refractivity contribution < 1.29 is 13.2 Å². The van der Waals surface area contributed by atoms with E-state index in [0.717, 1.165) is 22.4 Å². The van der Waals surface area contributed by atoms with Gasteiger partial charge in [0.2, 0.25) is 15.9 Å². The first kappa shape index (κ1) is 17.6. The SMILES string of the molecule is Cc1ccc(C2SCCN2S(=O)(=O)c2ccc3c(c2)CCC(=O)N3)cc1. The Morgan fingerprint density at radius 3 is 2.65 bits per heavy atom. The van der Waals surface area contributed by atoms with Crippen molar-refractivity contribution in [3.63, 3.8) is 0 Å². The topological polar surface area (TPSA) is 66.5 Å². The third kappa shape index (κ3) is 3.15. The summed E-state index contributed by atoms with van der Waals surface area (Å²) in [5.74, 6) is 0.752. The average Bonchev–Trinajstić information content (AvgIpc) is 3.12. The Morgan fingerprint density at radius 2 is 1.88 bits per heavy atom. The number of hydrogen-bond acceptors (Lipinski definition) is 4. The zero-order valence-electron chi connectivity index (χ0n) is 14.4. The summed E-state index contributed by atoms with van der Waals surface area (Å²) in [5.41, 5.74) is 3.75. The molecule has 2 aliphatic rings. The van der Waals surface area contributed by atoms with Gasteiger partial charge < -0.3 is 5.32 Å². The van der Waals surface area contributed by atoms with E-state index in [-0.39, 0.29) is 11.3 Å². The summed E-state index contributed by atoms with van der Waals surface area (Å²) in [6.07, 6.45) is 0.961. The second kappa shape index (κ2) is 6.72. The number of rotatable bonds is 3. The molecule has 0 aromatic heterocycles. The molecule has 2 aromatic carbocycles. The molecular formula is C19H20N2O3S2. The molecule has 1 saturated heterocycles. The summed E-state index contributed by atoms with van der Waals surface area (Å²) in [5, 5.41) is 2.60. The fraction of sp³-hybridized carbons (Fsp3) is 0.316. The first-order valence-electron chi connectivity index (χ1n) is 8.58. The van der Waals surface area contributed by atoms with Crippen LogP contribution in [-0.4, -0.2) is 30.9 Å². The predicted octanol–water partition coefficient (Wildman–Crippen LogP) is 3.32. The van der Waals surface area contributed by atoms with Crippen LogP contribution in [0.3, 0.4) is 0 Å². The lowest BCUT2D eigenvalue weighted by atomic mass is 10.0. The van der Waals surface area contributed by atoms with Crippen molar-refractivity contribution in [2.45, 2.75) is 30.0 Å². The van der Waals surface area contributed by atoms with Crippen molar-refractivity contribution in [2.24, 2.45) is 0 Å². The number of aryl methyl sites for hydroxylation is 2. The third-order valence-corrected chi connectivity index (χ3v) is 8.04. The van der Waals surface area contributed by atoms with Gasteiger partial charge in [0.05, 0.1) is 10.3 Å². The highest BCUT2D eigenvalue weighted by Gasteiger charge is 2.37. The van der Waals surface area contributed by atoms with Crippen LogP contribution in [0.15, 0.2) is 47.4 Å². The number of nitrogens with one attached hydrogen (secondary N) is 1. The van der Waals surface area contributed by atoms with E-state index in [9.17, 15) is 13.2 Å². The molecule has 0 aliphatic carbocycles. The van der Waals surface area contributed by atoms with Crippen LogP contribution in [0.1, 0.15) is 28.5 Å². The van der Waals surface area contributed by atoms with Gasteiger partial charge in [-0.3, -0.25) is 4.79 Å². The summed E-state index contributed by atoms with van der Waals surface area (Å²) in [4.78, 5) is 11.8. The molecule has 0 spiro atoms. The standard InChI is InChI=1S/C19H20N2O3S2/c1-13-2-4-14(5-3-13)19-21(10-11-25-19)26(23,24)16-7-8-17-15(12-16)6-9-18(22)20-17/h2-5,7-8,12,19H,6,9-11H2,1H3,(H,20,22). The number of sulfonamides is 1. The molecule has 1 amide bonds. The summed E-state index contributed by atoms with van der Waals surface area (Å²) in [6.45, 7) is 2.52.